The van der Waals surface area contributed by atoms with Gasteiger partial charge in [0, 0.05) is 29.5 Å². The number of rotatable bonds is 3. The molecule has 2 heterocycles. The van der Waals surface area contributed by atoms with E-state index in [1.807, 2.05) is 42.5 Å². The Balaban J connectivity index is 1.91. The van der Waals surface area contributed by atoms with E-state index in [0.29, 0.717) is 12.2 Å². The van der Waals surface area contributed by atoms with Crippen molar-refractivity contribution in [2.75, 3.05) is 0 Å². The van der Waals surface area contributed by atoms with Crippen molar-refractivity contribution in [2.45, 2.75) is 6.42 Å². The second-order valence-corrected chi connectivity index (χ2v) is 4.76. The zero-order valence-electron chi connectivity index (χ0n) is 10.7. The van der Waals surface area contributed by atoms with Gasteiger partial charge in [-0.1, -0.05) is 35.9 Å². The van der Waals surface area contributed by atoms with E-state index >= 15 is 0 Å². The third-order valence-corrected chi connectivity index (χ3v) is 3.30. The molecule has 1 aromatic carbocycles. The lowest BCUT2D eigenvalue weighted by atomic mass is 10.1. The second kappa shape index (κ2) is 5.80. The Kier molecular flexibility index (Phi) is 3.70. The average molecular weight is 282 g/mol. The van der Waals surface area contributed by atoms with Crippen LogP contribution in [0.5, 0.6) is 0 Å². The third kappa shape index (κ3) is 2.83. The van der Waals surface area contributed by atoms with E-state index in [2.05, 4.69) is 15.0 Å². The summed E-state index contributed by atoms with van der Waals surface area (Å²) < 4.78 is 0. The summed E-state index contributed by atoms with van der Waals surface area (Å²) in [5, 5.41) is 0.760. The molecule has 0 aliphatic heterocycles. The monoisotopic (exact) mass is 281 g/mol. The van der Waals surface area contributed by atoms with Crippen molar-refractivity contribution >= 4 is 11.6 Å². The molecule has 4 heteroatoms. The molecule has 0 spiro atoms. The van der Waals surface area contributed by atoms with Crippen molar-refractivity contribution in [3.63, 3.8) is 0 Å². The lowest BCUT2D eigenvalue weighted by Crippen LogP contribution is -1.96. The van der Waals surface area contributed by atoms with Crippen LogP contribution in [-0.2, 0) is 6.42 Å². The van der Waals surface area contributed by atoms with Gasteiger partial charge in [-0.15, -0.1) is 0 Å². The Morgan fingerprint density at radius 2 is 1.65 bits per heavy atom. The molecule has 0 aliphatic carbocycles. The van der Waals surface area contributed by atoms with Crippen LogP contribution in [-0.4, -0.2) is 15.0 Å². The van der Waals surface area contributed by atoms with Gasteiger partial charge in [0.1, 0.15) is 5.69 Å². The molecule has 3 rings (SSSR count). The molecule has 0 N–H and O–H groups in total. The molecule has 0 saturated carbocycles. The summed E-state index contributed by atoms with van der Waals surface area (Å²) >= 11 is 6.18. The summed E-state index contributed by atoms with van der Waals surface area (Å²) in [5.74, 6) is 0.633. The van der Waals surface area contributed by atoms with Crippen LogP contribution in [0.15, 0.2) is 60.9 Å². The topological polar surface area (TPSA) is 38.7 Å². The molecule has 0 atom stereocenters. The summed E-state index contributed by atoms with van der Waals surface area (Å²) in [6, 6.07) is 15.4. The standard InChI is InChI=1S/C16H12ClN3/c17-14-7-2-1-5-12(14)11-13-6-3-8-15(20-13)16-18-9-4-10-19-16/h1-10H,11H2. The van der Waals surface area contributed by atoms with Crippen LogP contribution >= 0.6 is 11.6 Å². The molecular formula is C16H12ClN3. The Morgan fingerprint density at radius 3 is 2.45 bits per heavy atom. The summed E-state index contributed by atoms with van der Waals surface area (Å²) in [7, 11) is 0. The first-order valence-electron chi connectivity index (χ1n) is 6.29. The van der Waals surface area contributed by atoms with Crippen molar-refractivity contribution < 1.29 is 0 Å². The van der Waals surface area contributed by atoms with Crippen LogP contribution in [0.1, 0.15) is 11.3 Å². The van der Waals surface area contributed by atoms with Gasteiger partial charge in [0.2, 0.25) is 0 Å². The average Bonchev–Trinajstić information content (AvgIpc) is 2.51. The molecule has 98 valence electrons. The van der Waals surface area contributed by atoms with Gasteiger partial charge in [-0.2, -0.15) is 0 Å². The fraction of sp³-hybridized carbons (Fsp3) is 0.0625. The maximum absolute atomic E-state index is 6.18. The van der Waals surface area contributed by atoms with Gasteiger partial charge in [0.25, 0.3) is 0 Å². The van der Waals surface area contributed by atoms with Crippen LogP contribution in [0, 0.1) is 0 Å². The molecule has 0 amide bonds. The lowest BCUT2D eigenvalue weighted by Gasteiger charge is -2.05. The van der Waals surface area contributed by atoms with Crippen molar-refractivity contribution in [3.8, 4) is 11.5 Å². The van der Waals surface area contributed by atoms with Gasteiger partial charge >= 0.3 is 0 Å². The van der Waals surface area contributed by atoms with Crippen molar-refractivity contribution in [2.24, 2.45) is 0 Å². The Labute approximate surface area is 122 Å². The van der Waals surface area contributed by atoms with Gasteiger partial charge in [-0.25, -0.2) is 15.0 Å². The molecule has 3 nitrogen and oxygen atoms in total. The number of halogens is 1. The minimum Gasteiger partial charge on any atom is -0.249 e. The summed E-state index contributed by atoms with van der Waals surface area (Å²) in [6.07, 6.45) is 4.12. The van der Waals surface area contributed by atoms with Crippen molar-refractivity contribution in [3.05, 3.63) is 77.2 Å². The van der Waals surface area contributed by atoms with Crippen molar-refractivity contribution in [1.29, 1.82) is 0 Å². The number of hydrogen-bond donors (Lipinski definition) is 0. The number of nitrogens with zero attached hydrogens (tertiary/aromatic N) is 3. The van der Waals surface area contributed by atoms with E-state index in [-0.39, 0.29) is 0 Å². The van der Waals surface area contributed by atoms with E-state index in [1.165, 1.54) is 0 Å². The van der Waals surface area contributed by atoms with Gasteiger partial charge in [-0.05, 0) is 29.8 Å². The van der Waals surface area contributed by atoms with Crippen molar-refractivity contribution in [1.82, 2.24) is 15.0 Å². The van der Waals surface area contributed by atoms with E-state index in [0.717, 1.165) is 22.0 Å². The number of aromatic nitrogens is 3. The fourth-order valence-electron chi connectivity index (χ4n) is 1.97. The van der Waals surface area contributed by atoms with Crippen LogP contribution in [0.3, 0.4) is 0 Å². The van der Waals surface area contributed by atoms with E-state index in [4.69, 9.17) is 11.6 Å². The minimum absolute atomic E-state index is 0.633. The van der Waals surface area contributed by atoms with Gasteiger partial charge in [-0.3, -0.25) is 0 Å². The van der Waals surface area contributed by atoms with E-state index in [9.17, 15) is 0 Å². The molecule has 0 saturated heterocycles. The Morgan fingerprint density at radius 1 is 0.850 bits per heavy atom. The van der Waals surface area contributed by atoms with E-state index in [1.54, 1.807) is 18.5 Å². The Bertz CT molecular complexity index is 714. The molecule has 0 bridgehead atoms. The molecular weight excluding hydrogens is 270 g/mol. The highest BCUT2D eigenvalue weighted by Gasteiger charge is 2.05. The largest absolute Gasteiger partial charge is 0.249 e. The first kappa shape index (κ1) is 12.8. The molecule has 0 radical (unpaired) electrons. The highest BCUT2D eigenvalue weighted by Crippen LogP contribution is 2.19. The molecule has 0 fully saturated rings. The Hall–Kier alpha value is -2.26. The molecule has 3 aromatic rings. The molecule has 0 aliphatic rings. The van der Waals surface area contributed by atoms with Gasteiger partial charge in [0.15, 0.2) is 5.82 Å². The van der Waals surface area contributed by atoms with Gasteiger partial charge in [0.05, 0.1) is 0 Å². The van der Waals surface area contributed by atoms with Crippen LogP contribution in [0.4, 0.5) is 0 Å². The lowest BCUT2D eigenvalue weighted by molar-refractivity contribution is 1.05. The zero-order valence-corrected chi connectivity index (χ0v) is 11.5. The summed E-state index contributed by atoms with van der Waals surface area (Å²) in [5.41, 5.74) is 2.78. The van der Waals surface area contributed by atoms with Crippen LogP contribution in [0.2, 0.25) is 5.02 Å². The highest BCUT2D eigenvalue weighted by atomic mass is 35.5. The summed E-state index contributed by atoms with van der Waals surface area (Å²) in [6.45, 7) is 0. The zero-order chi connectivity index (χ0) is 13.8. The highest BCUT2D eigenvalue weighted by molar-refractivity contribution is 6.31. The SMILES string of the molecule is Clc1ccccc1Cc1cccc(-c2ncccn2)n1. The third-order valence-electron chi connectivity index (χ3n) is 2.93. The second-order valence-electron chi connectivity index (χ2n) is 4.35. The van der Waals surface area contributed by atoms with Crippen LogP contribution in [0.25, 0.3) is 11.5 Å². The quantitative estimate of drug-likeness (QED) is 0.733. The predicted octanol–water partition coefficient (Wildman–Crippen LogP) is 3.78. The van der Waals surface area contributed by atoms with Crippen LogP contribution < -0.4 is 0 Å². The minimum atomic E-state index is 0.633. The maximum Gasteiger partial charge on any atom is 0.178 e. The first-order valence-corrected chi connectivity index (χ1v) is 6.67. The smallest absolute Gasteiger partial charge is 0.178 e. The molecule has 2 aromatic heterocycles. The molecule has 0 unspecified atom stereocenters. The number of benzene rings is 1. The molecule has 20 heavy (non-hydrogen) atoms. The predicted molar refractivity (Wildman–Crippen MR) is 79.5 cm³/mol. The normalized spacial score (nSPS) is 10.4. The van der Waals surface area contributed by atoms with E-state index < -0.39 is 0 Å². The fourth-order valence-corrected chi connectivity index (χ4v) is 2.17. The number of pyridine rings is 1. The first-order chi connectivity index (χ1) is 9.83. The number of hydrogen-bond acceptors (Lipinski definition) is 3. The maximum atomic E-state index is 6.18. The summed E-state index contributed by atoms with van der Waals surface area (Å²) in [4.78, 5) is 13.0. The van der Waals surface area contributed by atoms with Gasteiger partial charge < -0.3 is 0 Å².